The summed E-state index contributed by atoms with van der Waals surface area (Å²) >= 11 is 0. The minimum atomic E-state index is -0.469. The van der Waals surface area contributed by atoms with Crippen molar-refractivity contribution in [3.8, 4) is 11.5 Å². The van der Waals surface area contributed by atoms with E-state index in [0.29, 0.717) is 5.75 Å². The first-order valence-corrected chi connectivity index (χ1v) is 6.81. The lowest BCUT2D eigenvalue weighted by atomic mass is 10.0. The van der Waals surface area contributed by atoms with E-state index in [2.05, 4.69) is 12.0 Å². The van der Waals surface area contributed by atoms with Crippen molar-refractivity contribution < 1.29 is 13.9 Å². The number of methoxy groups -OCH3 is 2. The number of halogens is 1. The quantitative estimate of drug-likeness (QED) is 0.889. The largest absolute Gasteiger partial charge is 0.494 e. The van der Waals surface area contributed by atoms with Gasteiger partial charge in [0.2, 0.25) is 0 Å². The van der Waals surface area contributed by atoms with Crippen LogP contribution < -0.4 is 15.2 Å². The number of hydrogen-bond donors (Lipinski definition) is 1. The van der Waals surface area contributed by atoms with E-state index in [1.165, 1.54) is 13.2 Å². The lowest BCUT2D eigenvalue weighted by Crippen LogP contribution is -2.18. The van der Waals surface area contributed by atoms with Gasteiger partial charge in [-0.3, -0.25) is 4.68 Å². The van der Waals surface area contributed by atoms with Gasteiger partial charge >= 0.3 is 0 Å². The van der Waals surface area contributed by atoms with Crippen LogP contribution in [-0.4, -0.2) is 24.0 Å². The summed E-state index contributed by atoms with van der Waals surface area (Å²) in [4.78, 5) is 0. The summed E-state index contributed by atoms with van der Waals surface area (Å²) in [6.45, 7) is 2.80. The SMILES string of the molecule is CCCn1ncc(OC)c1C(N)c1ccc(F)c(OC)c1. The van der Waals surface area contributed by atoms with E-state index in [4.69, 9.17) is 15.2 Å². The molecule has 0 aliphatic rings. The Bertz CT molecular complexity index is 613. The van der Waals surface area contributed by atoms with E-state index >= 15 is 0 Å². The molecule has 1 aromatic carbocycles. The second-order valence-corrected chi connectivity index (χ2v) is 4.69. The lowest BCUT2D eigenvalue weighted by Gasteiger charge is -2.17. The molecular weight excluding hydrogens is 273 g/mol. The monoisotopic (exact) mass is 293 g/mol. The van der Waals surface area contributed by atoms with Crippen molar-refractivity contribution in [1.29, 1.82) is 0 Å². The summed E-state index contributed by atoms with van der Waals surface area (Å²) in [7, 11) is 3.00. The standard InChI is InChI=1S/C15H20FN3O2/c1-4-7-19-15(13(21-3)9-18-19)14(17)10-5-6-11(16)12(8-10)20-2/h5-6,8-9,14H,4,7,17H2,1-3H3. The Labute approximate surface area is 123 Å². The van der Waals surface area contributed by atoms with Crippen molar-refractivity contribution in [2.24, 2.45) is 5.73 Å². The van der Waals surface area contributed by atoms with Crippen LogP contribution in [0, 0.1) is 5.82 Å². The number of hydrogen-bond acceptors (Lipinski definition) is 4. The van der Waals surface area contributed by atoms with Gasteiger partial charge in [0.1, 0.15) is 5.69 Å². The van der Waals surface area contributed by atoms with E-state index in [-0.39, 0.29) is 5.75 Å². The summed E-state index contributed by atoms with van der Waals surface area (Å²) in [5, 5.41) is 4.29. The van der Waals surface area contributed by atoms with E-state index < -0.39 is 11.9 Å². The summed E-state index contributed by atoms with van der Waals surface area (Å²) in [5.41, 5.74) is 7.83. The molecule has 0 fully saturated rings. The fourth-order valence-corrected chi connectivity index (χ4v) is 2.27. The number of nitrogens with two attached hydrogens (primary N) is 1. The number of ether oxygens (including phenoxy) is 2. The number of nitrogens with zero attached hydrogens (tertiary/aromatic N) is 2. The highest BCUT2D eigenvalue weighted by Gasteiger charge is 2.21. The highest BCUT2D eigenvalue weighted by atomic mass is 19.1. The summed E-state index contributed by atoms with van der Waals surface area (Å²) < 4.78 is 25.7. The van der Waals surface area contributed by atoms with Crippen LogP contribution in [0.4, 0.5) is 4.39 Å². The lowest BCUT2D eigenvalue weighted by molar-refractivity contribution is 0.385. The van der Waals surface area contributed by atoms with E-state index in [9.17, 15) is 4.39 Å². The Hall–Kier alpha value is -2.08. The molecule has 114 valence electrons. The van der Waals surface area contributed by atoms with E-state index in [0.717, 1.165) is 24.2 Å². The molecule has 0 amide bonds. The predicted octanol–water partition coefficient (Wildman–Crippen LogP) is 2.50. The molecule has 0 aliphatic carbocycles. The van der Waals surface area contributed by atoms with Crippen molar-refractivity contribution in [2.75, 3.05) is 14.2 Å². The van der Waals surface area contributed by atoms with Gasteiger partial charge in [-0.15, -0.1) is 0 Å². The molecule has 0 saturated carbocycles. The van der Waals surface area contributed by atoms with Crippen LogP contribution >= 0.6 is 0 Å². The maximum atomic E-state index is 13.5. The fraction of sp³-hybridized carbons (Fsp3) is 0.400. The molecule has 2 rings (SSSR count). The van der Waals surface area contributed by atoms with Crippen LogP contribution in [0.3, 0.4) is 0 Å². The Balaban J connectivity index is 2.43. The third kappa shape index (κ3) is 3.00. The Kier molecular flexibility index (Phi) is 4.80. The summed E-state index contributed by atoms with van der Waals surface area (Å²) in [5.74, 6) is 0.380. The number of aromatic nitrogens is 2. The molecule has 0 aliphatic heterocycles. The molecule has 0 saturated heterocycles. The van der Waals surface area contributed by atoms with Gasteiger partial charge in [-0.25, -0.2) is 4.39 Å². The average molecular weight is 293 g/mol. The molecule has 0 bridgehead atoms. The van der Waals surface area contributed by atoms with E-state index in [1.807, 2.05) is 4.68 Å². The van der Waals surface area contributed by atoms with Crippen LogP contribution in [0.25, 0.3) is 0 Å². The summed E-state index contributed by atoms with van der Waals surface area (Å²) in [6, 6.07) is 4.12. The van der Waals surface area contributed by atoms with Gasteiger partial charge in [0.25, 0.3) is 0 Å². The highest BCUT2D eigenvalue weighted by Crippen LogP contribution is 2.30. The molecule has 1 aromatic heterocycles. The maximum absolute atomic E-state index is 13.5. The van der Waals surface area contributed by atoms with Gasteiger partial charge in [0, 0.05) is 6.54 Å². The molecule has 0 radical (unpaired) electrons. The van der Waals surface area contributed by atoms with Crippen molar-refractivity contribution >= 4 is 0 Å². The summed E-state index contributed by atoms with van der Waals surface area (Å²) in [6.07, 6.45) is 2.57. The smallest absolute Gasteiger partial charge is 0.165 e. The van der Waals surface area contributed by atoms with Crippen LogP contribution in [0.1, 0.15) is 30.6 Å². The molecule has 0 spiro atoms. The molecule has 1 heterocycles. The van der Waals surface area contributed by atoms with Gasteiger partial charge in [-0.05, 0) is 24.1 Å². The van der Waals surface area contributed by atoms with Crippen molar-refractivity contribution in [1.82, 2.24) is 9.78 Å². The average Bonchev–Trinajstić information content (AvgIpc) is 2.90. The molecule has 21 heavy (non-hydrogen) atoms. The van der Waals surface area contributed by atoms with Crippen LogP contribution in [-0.2, 0) is 6.54 Å². The Morgan fingerprint density at radius 2 is 2.00 bits per heavy atom. The molecule has 2 N–H and O–H groups in total. The third-order valence-electron chi connectivity index (χ3n) is 3.33. The van der Waals surface area contributed by atoms with Crippen molar-refractivity contribution in [2.45, 2.75) is 25.9 Å². The van der Waals surface area contributed by atoms with Gasteiger partial charge in [0.15, 0.2) is 17.3 Å². The van der Waals surface area contributed by atoms with Gasteiger partial charge in [0.05, 0.1) is 26.5 Å². The molecule has 6 heteroatoms. The number of rotatable bonds is 6. The van der Waals surface area contributed by atoms with E-state index in [1.54, 1.807) is 25.4 Å². The first kappa shape index (κ1) is 15.3. The molecule has 5 nitrogen and oxygen atoms in total. The predicted molar refractivity (Wildman–Crippen MR) is 78.1 cm³/mol. The Morgan fingerprint density at radius 3 is 2.62 bits per heavy atom. The van der Waals surface area contributed by atoms with Gasteiger partial charge in [-0.2, -0.15) is 5.10 Å². The van der Waals surface area contributed by atoms with Crippen molar-refractivity contribution in [3.05, 3.63) is 41.5 Å². The van der Waals surface area contributed by atoms with Crippen LogP contribution in [0.2, 0.25) is 0 Å². The molecule has 1 unspecified atom stereocenters. The first-order valence-electron chi connectivity index (χ1n) is 6.81. The zero-order chi connectivity index (χ0) is 15.4. The van der Waals surface area contributed by atoms with Crippen molar-refractivity contribution in [3.63, 3.8) is 0 Å². The van der Waals surface area contributed by atoms with Gasteiger partial charge < -0.3 is 15.2 Å². The molecular formula is C15H20FN3O2. The normalized spacial score (nSPS) is 12.2. The molecule has 2 aromatic rings. The van der Waals surface area contributed by atoms with Crippen LogP contribution in [0.5, 0.6) is 11.5 Å². The maximum Gasteiger partial charge on any atom is 0.165 e. The number of benzene rings is 1. The Morgan fingerprint density at radius 1 is 1.29 bits per heavy atom. The minimum Gasteiger partial charge on any atom is -0.494 e. The first-order chi connectivity index (χ1) is 10.1. The molecule has 1 atom stereocenters. The minimum absolute atomic E-state index is 0.170. The third-order valence-corrected chi connectivity index (χ3v) is 3.33. The zero-order valence-corrected chi connectivity index (χ0v) is 12.5. The zero-order valence-electron chi connectivity index (χ0n) is 12.5. The van der Waals surface area contributed by atoms with Gasteiger partial charge in [-0.1, -0.05) is 13.0 Å². The fourth-order valence-electron chi connectivity index (χ4n) is 2.27. The van der Waals surface area contributed by atoms with Crippen LogP contribution in [0.15, 0.2) is 24.4 Å². The topological polar surface area (TPSA) is 62.3 Å². The second kappa shape index (κ2) is 6.58. The second-order valence-electron chi connectivity index (χ2n) is 4.69. The number of aryl methyl sites for hydroxylation is 1. The highest BCUT2D eigenvalue weighted by molar-refractivity contribution is 5.39.